The van der Waals surface area contributed by atoms with Gasteiger partial charge < -0.3 is 4.74 Å². The predicted molar refractivity (Wildman–Crippen MR) is 186 cm³/mol. The normalized spacial score (nSPS) is 11.4. The van der Waals surface area contributed by atoms with E-state index in [1.807, 2.05) is 66.4 Å². The highest BCUT2D eigenvalue weighted by atomic mass is 32.2. The molecule has 0 bridgehead atoms. The Morgan fingerprint density at radius 2 is 1.17 bits per heavy atom. The molecule has 2 aromatic carbocycles. The Balaban J connectivity index is 1.43. The lowest BCUT2D eigenvalue weighted by Gasteiger charge is -2.07. The highest BCUT2D eigenvalue weighted by molar-refractivity contribution is 7.99. The van der Waals surface area contributed by atoms with Gasteiger partial charge >= 0.3 is 0 Å². The van der Waals surface area contributed by atoms with E-state index < -0.39 is 0 Å². The summed E-state index contributed by atoms with van der Waals surface area (Å²) in [4.78, 5) is 13.8. The molecule has 3 heteroatoms. The van der Waals surface area contributed by atoms with Crippen LogP contribution in [0.25, 0.3) is 6.08 Å². The number of unbranched alkanes of at least 4 members (excludes halogenated alkanes) is 18. The Morgan fingerprint density at radius 3 is 1.69 bits per heavy atom. The fourth-order valence-electron chi connectivity index (χ4n) is 5.28. The molecule has 2 nitrogen and oxygen atoms in total. The molecule has 0 saturated heterocycles. The van der Waals surface area contributed by atoms with Crippen LogP contribution in [0.2, 0.25) is 0 Å². The summed E-state index contributed by atoms with van der Waals surface area (Å²) < 4.78 is 6.00. The smallest absolute Gasteiger partial charge is 0.185 e. The number of ether oxygens (including phenoxy) is 1. The average Bonchev–Trinajstić information content (AvgIpc) is 3.02. The minimum absolute atomic E-state index is 0.0300. The summed E-state index contributed by atoms with van der Waals surface area (Å²) in [5, 5.41) is 0. The number of carbonyl (C=O) groups excluding carboxylic acids is 1. The zero-order valence-electron chi connectivity index (χ0n) is 27.1. The van der Waals surface area contributed by atoms with Crippen LogP contribution >= 0.6 is 11.8 Å². The van der Waals surface area contributed by atoms with Gasteiger partial charge in [-0.2, -0.15) is 0 Å². The number of thioether (sulfide) groups is 1. The predicted octanol–water partition coefficient (Wildman–Crippen LogP) is 12.9. The van der Waals surface area contributed by atoms with Gasteiger partial charge in [-0.15, -0.1) is 11.8 Å². The molecule has 2 aromatic rings. The third-order valence-electron chi connectivity index (χ3n) is 7.91. The Morgan fingerprint density at radius 1 is 0.643 bits per heavy atom. The summed E-state index contributed by atoms with van der Waals surface area (Å²) in [7, 11) is 0. The number of rotatable bonds is 27. The van der Waals surface area contributed by atoms with Gasteiger partial charge in [-0.05, 0) is 66.6 Å². The Kier molecular flexibility index (Phi) is 22.0. The van der Waals surface area contributed by atoms with E-state index in [4.69, 9.17) is 4.74 Å². The number of benzene rings is 2. The van der Waals surface area contributed by atoms with Crippen molar-refractivity contribution < 1.29 is 9.53 Å². The molecule has 0 fully saturated rings. The second-order valence-electron chi connectivity index (χ2n) is 11.9. The minimum Gasteiger partial charge on any atom is -0.494 e. The Hall–Kier alpha value is -2.00. The molecular weight excluding hydrogens is 532 g/mol. The number of carbonyl (C=O) groups is 1. The average molecular weight is 593 g/mol. The van der Waals surface area contributed by atoms with Crippen molar-refractivity contribution in [2.45, 2.75) is 147 Å². The van der Waals surface area contributed by atoms with Gasteiger partial charge in [0.15, 0.2) is 5.78 Å². The van der Waals surface area contributed by atoms with Crippen molar-refractivity contribution >= 4 is 23.6 Å². The summed E-state index contributed by atoms with van der Waals surface area (Å²) in [6.45, 7) is 5.23. The van der Waals surface area contributed by atoms with Crippen molar-refractivity contribution in [3.63, 3.8) is 0 Å². The van der Waals surface area contributed by atoms with Gasteiger partial charge in [-0.25, -0.2) is 0 Å². The summed E-state index contributed by atoms with van der Waals surface area (Å²) in [6.07, 6.45) is 31.2. The first kappa shape index (κ1) is 36.2. The summed E-state index contributed by atoms with van der Waals surface area (Å²) in [5.74, 6) is 2.01. The number of hydrogen-bond acceptors (Lipinski definition) is 3. The lowest BCUT2D eigenvalue weighted by Crippen LogP contribution is -1.97. The first-order valence-electron chi connectivity index (χ1n) is 17.4. The molecule has 0 heterocycles. The maximum atomic E-state index is 12.6. The zero-order chi connectivity index (χ0) is 29.9. The third kappa shape index (κ3) is 18.5. The van der Waals surface area contributed by atoms with Crippen LogP contribution in [0.1, 0.15) is 158 Å². The van der Waals surface area contributed by atoms with E-state index in [2.05, 4.69) is 13.8 Å². The molecule has 0 radical (unpaired) electrons. The molecule has 0 aliphatic heterocycles. The largest absolute Gasteiger partial charge is 0.494 e. The van der Waals surface area contributed by atoms with Gasteiger partial charge in [-0.3, -0.25) is 4.79 Å². The highest BCUT2D eigenvalue weighted by Gasteiger charge is 2.03. The van der Waals surface area contributed by atoms with E-state index in [0.29, 0.717) is 0 Å². The molecule has 0 N–H and O–H groups in total. The molecule has 0 atom stereocenters. The molecule has 0 aliphatic carbocycles. The van der Waals surface area contributed by atoms with E-state index in [1.165, 1.54) is 120 Å². The van der Waals surface area contributed by atoms with E-state index in [0.717, 1.165) is 42.1 Å². The molecule has 0 unspecified atom stereocenters. The van der Waals surface area contributed by atoms with Crippen LogP contribution in [0.3, 0.4) is 0 Å². The van der Waals surface area contributed by atoms with Crippen molar-refractivity contribution in [3.8, 4) is 5.75 Å². The van der Waals surface area contributed by atoms with Crippen molar-refractivity contribution in [2.24, 2.45) is 0 Å². The van der Waals surface area contributed by atoms with Crippen molar-refractivity contribution in [1.29, 1.82) is 0 Å². The van der Waals surface area contributed by atoms with Crippen LogP contribution in [0.15, 0.2) is 59.5 Å². The highest BCUT2D eigenvalue weighted by Crippen LogP contribution is 2.20. The van der Waals surface area contributed by atoms with Crippen LogP contribution in [0.4, 0.5) is 0 Å². The van der Waals surface area contributed by atoms with Gasteiger partial charge in [0.2, 0.25) is 0 Å². The monoisotopic (exact) mass is 592 g/mol. The van der Waals surface area contributed by atoms with Crippen LogP contribution < -0.4 is 4.74 Å². The van der Waals surface area contributed by atoms with Crippen LogP contribution in [-0.4, -0.2) is 18.1 Å². The Labute approximate surface area is 263 Å². The van der Waals surface area contributed by atoms with Crippen molar-refractivity contribution in [2.75, 3.05) is 12.4 Å². The van der Waals surface area contributed by atoms with E-state index in [1.54, 1.807) is 6.08 Å². The fourth-order valence-corrected chi connectivity index (χ4v) is 6.05. The van der Waals surface area contributed by atoms with E-state index >= 15 is 0 Å². The summed E-state index contributed by atoms with van der Waals surface area (Å²) in [5.41, 5.74) is 1.72. The number of hydrogen-bond donors (Lipinski definition) is 0. The lowest BCUT2D eigenvalue weighted by atomic mass is 10.0. The topological polar surface area (TPSA) is 26.3 Å². The van der Waals surface area contributed by atoms with Gasteiger partial charge in [-0.1, -0.05) is 148 Å². The molecule has 0 spiro atoms. The molecule has 0 aliphatic rings. The molecule has 0 saturated carbocycles. The zero-order valence-corrected chi connectivity index (χ0v) is 27.9. The van der Waals surface area contributed by atoms with E-state index in [-0.39, 0.29) is 5.78 Å². The van der Waals surface area contributed by atoms with Crippen LogP contribution in [-0.2, 0) is 0 Å². The number of allylic oxidation sites excluding steroid dienone is 1. The third-order valence-corrected chi connectivity index (χ3v) is 9.13. The van der Waals surface area contributed by atoms with Gasteiger partial charge in [0.1, 0.15) is 5.75 Å². The standard InChI is InChI=1S/C39H60O2S/c1-3-5-6-7-8-9-10-11-12-13-14-15-16-17-18-19-20-21-22-32-41-37-25-23-24-35(34-37)26-31-39(40)36-27-29-38(30-28-36)42-33-4-2/h23-31,34H,3-22,32-33H2,1-2H3. The van der Waals surface area contributed by atoms with Crippen LogP contribution in [0, 0.1) is 0 Å². The fraction of sp³-hybridized carbons (Fsp3) is 0.615. The molecule has 234 valence electrons. The second kappa shape index (κ2) is 25.5. The maximum absolute atomic E-state index is 12.6. The summed E-state index contributed by atoms with van der Waals surface area (Å²) >= 11 is 1.83. The first-order chi connectivity index (χ1) is 20.7. The van der Waals surface area contributed by atoms with Crippen molar-refractivity contribution in [1.82, 2.24) is 0 Å². The van der Waals surface area contributed by atoms with Crippen molar-refractivity contribution in [3.05, 3.63) is 65.7 Å². The second-order valence-corrected chi connectivity index (χ2v) is 13.0. The molecule has 42 heavy (non-hydrogen) atoms. The lowest BCUT2D eigenvalue weighted by molar-refractivity contribution is 0.104. The van der Waals surface area contributed by atoms with Gasteiger partial charge in [0.05, 0.1) is 6.61 Å². The maximum Gasteiger partial charge on any atom is 0.185 e. The van der Waals surface area contributed by atoms with E-state index in [9.17, 15) is 4.79 Å². The molecule has 0 aromatic heterocycles. The molecule has 0 amide bonds. The van der Waals surface area contributed by atoms with Gasteiger partial charge in [0, 0.05) is 10.5 Å². The first-order valence-corrected chi connectivity index (χ1v) is 18.4. The SMILES string of the molecule is CCCCCCCCCCCCCCCCCCCCCOc1cccc(C=CC(=O)c2ccc(SCCC)cc2)c1. The molecular formula is C39H60O2S. The van der Waals surface area contributed by atoms with Gasteiger partial charge in [0.25, 0.3) is 0 Å². The quantitative estimate of drug-likeness (QED) is 0.0447. The van der Waals surface area contributed by atoms with Crippen LogP contribution in [0.5, 0.6) is 5.75 Å². The minimum atomic E-state index is 0.0300. The molecule has 2 rings (SSSR count). The summed E-state index contributed by atoms with van der Waals surface area (Å²) in [6, 6.07) is 15.9. The Bertz CT molecular complexity index is 949. The number of ketones is 1.